The monoisotopic (exact) mass is 393 g/mol. The number of hydrogen-bond donors (Lipinski definition) is 0. The molecule has 1 heterocycles. The Morgan fingerprint density at radius 3 is 2.04 bits per heavy atom. The normalized spacial score (nSPS) is 17.0. The molecule has 0 bridgehead atoms. The minimum atomic E-state index is -0.258. The fourth-order valence-electron chi connectivity index (χ4n) is 3.86. The molecular weight excluding hydrogens is 350 g/mol. The standard InChI is InChI=1S/C24H43NO3/c1-3-4-5-6-7-8-9-10-11-12-13-14-15-16-17-18-19-25-21-22(20-23(25)26)24(27)28-2/h10-11,22H,3-9,12-21H2,1-2H3/b11-10+. The van der Waals surface area contributed by atoms with Gasteiger partial charge in [0.15, 0.2) is 0 Å². The number of hydrogen-bond acceptors (Lipinski definition) is 3. The number of carbonyl (C=O) groups is 2. The highest BCUT2D eigenvalue weighted by molar-refractivity contribution is 5.86. The zero-order valence-electron chi connectivity index (χ0n) is 18.4. The van der Waals surface area contributed by atoms with Crippen LogP contribution >= 0.6 is 0 Å². The van der Waals surface area contributed by atoms with E-state index in [1.54, 1.807) is 0 Å². The second-order valence-corrected chi connectivity index (χ2v) is 8.20. The smallest absolute Gasteiger partial charge is 0.310 e. The van der Waals surface area contributed by atoms with Crippen molar-refractivity contribution in [3.8, 4) is 0 Å². The van der Waals surface area contributed by atoms with Crippen LogP contribution in [0.3, 0.4) is 0 Å². The molecule has 4 nitrogen and oxygen atoms in total. The summed E-state index contributed by atoms with van der Waals surface area (Å²) in [5, 5.41) is 0. The molecule has 0 aromatic heterocycles. The number of rotatable bonds is 17. The van der Waals surface area contributed by atoms with Crippen LogP contribution in [0.5, 0.6) is 0 Å². The molecule has 1 atom stereocenters. The highest BCUT2D eigenvalue weighted by Gasteiger charge is 2.34. The van der Waals surface area contributed by atoms with E-state index < -0.39 is 0 Å². The van der Waals surface area contributed by atoms with E-state index in [4.69, 9.17) is 4.74 Å². The lowest BCUT2D eigenvalue weighted by Crippen LogP contribution is -2.27. The van der Waals surface area contributed by atoms with Crippen molar-refractivity contribution in [1.29, 1.82) is 0 Å². The van der Waals surface area contributed by atoms with Gasteiger partial charge >= 0.3 is 5.97 Å². The van der Waals surface area contributed by atoms with Crippen LogP contribution in [0.1, 0.15) is 103 Å². The number of ether oxygens (including phenoxy) is 1. The molecule has 162 valence electrons. The number of likely N-dealkylation sites (tertiary alicyclic amines) is 1. The first-order valence-electron chi connectivity index (χ1n) is 11.7. The lowest BCUT2D eigenvalue weighted by atomic mass is 10.1. The van der Waals surface area contributed by atoms with Crippen molar-refractivity contribution in [1.82, 2.24) is 4.90 Å². The number of methoxy groups -OCH3 is 1. The van der Waals surface area contributed by atoms with Crippen LogP contribution in [-0.2, 0) is 14.3 Å². The predicted octanol–water partition coefficient (Wildman–Crippen LogP) is 6.05. The van der Waals surface area contributed by atoms with Crippen LogP contribution < -0.4 is 0 Å². The number of nitrogens with zero attached hydrogens (tertiary/aromatic N) is 1. The summed E-state index contributed by atoms with van der Waals surface area (Å²) < 4.78 is 4.74. The van der Waals surface area contributed by atoms with Crippen molar-refractivity contribution in [2.45, 2.75) is 103 Å². The second-order valence-electron chi connectivity index (χ2n) is 8.20. The third-order valence-corrected chi connectivity index (χ3v) is 5.69. The Morgan fingerprint density at radius 1 is 0.929 bits per heavy atom. The summed E-state index contributed by atoms with van der Waals surface area (Å²) >= 11 is 0. The Hall–Kier alpha value is -1.32. The van der Waals surface area contributed by atoms with Gasteiger partial charge in [0.25, 0.3) is 0 Å². The SMILES string of the molecule is CCCCCCCC/C=C/CCCCCCCCN1CC(C(=O)OC)CC1=O. The molecule has 1 aliphatic heterocycles. The molecule has 1 aliphatic rings. The van der Waals surface area contributed by atoms with Crippen molar-refractivity contribution >= 4 is 11.9 Å². The van der Waals surface area contributed by atoms with Crippen LogP contribution in [0.2, 0.25) is 0 Å². The van der Waals surface area contributed by atoms with Crippen molar-refractivity contribution in [2.24, 2.45) is 5.92 Å². The molecule has 0 radical (unpaired) electrons. The lowest BCUT2D eigenvalue weighted by molar-refractivity contribution is -0.145. The zero-order chi connectivity index (χ0) is 20.5. The van der Waals surface area contributed by atoms with Gasteiger partial charge in [-0.1, -0.05) is 76.9 Å². The molecule has 28 heavy (non-hydrogen) atoms. The van der Waals surface area contributed by atoms with Crippen LogP contribution in [-0.4, -0.2) is 37.0 Å². The van der Waals surface area contributed by atoms with E-state index in [1.165, 1.54) is 90.6 Å². The van der Waals surface area contributed by atoms with E-state index in [0.29, 0.717) is 13.0 Å². The molecule has 0 aromatic carbocycles. The second kappa shape index (κ2) is 16.6. The van der Waals surface area contributed by atoms with Gasteiger partial charge in [0.05, 0.1) is 13.0 Å². The quantitative estimate of drug-likeness (QED) is 0.172. The van der Waals surface area contributed by atoms with Crippen molar-refractivity contribution in [3.05, 3.63) is 12.2 Å². The first-order chi connectivity index (χ1) is 13.7. The number of unbranched alkanes of at least 4 members (excludes halogenated alkanes) is 12. The molecular formula is C24H43NO3. The highest BCUT2D eigenvalue weighted by Crippen LogP contribution is 2.20. The molecule has 1 amide bonds. The highest BCUT2D eigenvalue weighted by atomic mass is 16.5. The fraction of sp³-hybridized carbons (Fsp3) is 0.833. The van der Waals surface area contributed by atoms with E-state index >= 15 is 0 Å². The lowest BCUT2D eigenvalue weighted by Gasteiger charge is -2.15. The molecule has 1 rings (SSSR count). The number of esters is 1. The van der Waals surface area contributed by atoms with Gasteiger partial charge in [-0.25, -0.2) is 0 Å². The summed E-state index contributed by atoms with van der Waals surface area (Å²) in [6, 6.07) is 0. The third-order valence-electron chi connectivity index (χ3n) is 5.69. The maximum absolute atomic E-state index is 11.9. The molecule has 0 aliphatic carbocycles. The van der Waals surface area contributed by atoms with Gasteiger partial charge in [0.1, 0.15) is 0 Å². The molecule has 4 heteroatoms. The summed E-state index contributed by atoms with van der Waals surface area (Å²) in [7, 11) is 1.39. The van der Waals surface area contributed by atoms with E-state index in [2.05, 4.69) is 19.1 Å². The zero-order valence-corrected chi connectivity index (χ0v) is 18.4. The Kier molecular flexibility index (Phi) is 14.7. The maximum atomic E-state index is 11.9. The van der Waals surface area contributed by atoms with E-state index in [0.717, 1.165) is 13.0 Å². The van der Waals surface area contributed by atoms with Gasteiger partial charge in [0.2, 0.25) is 5.91 Å². The van der Waals surface area contributed by atoms with Crippen molar-refractivity contribution in [2.75, 3.05) is 20.2 Å². The Morgan fingerprint density at radius 2 is 1.46 bits per heavy atom. The fourth-order valence-corrected chi connectivity index (χ4v) is 3.86. The number of carbonyl (C=O) groups excluding carboxylic acids is 2. The maximum Gasteiger partial charge on any atom is 0.310 e. The summed E-state index contributed by atoms with van der Waals surface area (Å²) in [5.74, 6) is -0.411. The molecule has 1 unspecified atom stereocenters. The van der Waals surface area contributed by atoms with Crippen LogP contribution in [0, 0.1) is 5.92 Å². The predicted molar refractivity (Wildman–Crippen MR) is 116 cm³/mol. The molecule has 0 saturated carbocycles. The van der Waals surface area contributed by atoms with Gasteiger partial charge in [-0.05, 0) is 32.1 Å². The average Bonchev–Trinajstić information content (AvgIpc) is 3.07. The molecule has 0 spiro atoms. The van der Waals surface area contributed by atoms with E-state index in [1.807, 2.05) is 4.90 Å². The Bertz CT molecular complexity index is 447. The van der Waals surface area contributed by atoms with E-state index in [9.17, 15) is 9.59 Å². The summed E-state index contributed by atoms with van der Waals surface area (Å²) in [6.45, 7) is 3.59. The Labute approximate surface area is 173 Å². The van der Waals surface area contributed by atoms with Gasteiger partial charge in [-0.2, -0.15) is 0 Å². The molecule has 1 saturated heterocycles. The van der Waals surface area contributed by atoms with Gasteiger partial charge in [0, 0.05) is 19.5 Å². The van der Waals surface area contributed by atoms with Crippen molar-refractivity contribution in [3.63, 3.8) is 0 Å². The molecule has 0 aromatic rings. The first-order valence-corrected chi connectivity index (χ1v) is 11.7. The summed E-state index contributed by atoms with van der Waals surface area (Å²) in [6.07, 6.45) is 23.1. The largest absolute Gasteiger partial charge is 0.469 e. The van der Waals surface area contributed by atoms with Crippen molar-refractivity contribution < 1.29 is 14.3 Å². The van der Waals surface area contributed by atoms with Gasteiger partial charge in [-0.3, -0.25) is 9.59 Å². The topological polar surface area (TPSA) is 46.6 Å². The minimum Gasteiger partial charge on any atom is -0.469 e. The van der Waals surface area contributed by atoms with E-state index in [-0.39, 0.29) is 17.8 Å². The first kappa shape index (κ1) is 24.7. The molecule has 1 fully saturated rings. The third kappa shape index (κ3) is 11.5. The van der Waals surface area contributed by atoms with Gasteiger partial charge < -0.3 is 9.64 Å². The molecule has 0 N–H and O–H groups in total. The number of amides is 1. The number of allylic oxidation sites excluding steroid dienone is 2. The van der Waals surface area contributed by atoms with Gasteiger partial charge in [-0.15, -0.1) is 0 Å². The summed E-state index contributed by atoms with van der Waals surface area (Å²) in [4.78, 5) is 25.3. The minimum absolute atomic E-state index is 0.100. The van der Waals surface area contributed by atoms with Crippen LogP contribution in [0.25, 0.3) is 0 Å². The average molecular weight is 394 g/mol. The summed E-state index contributed by atoms with van der Waals surface area (Å²) in [5.41, 5.74) is 0. The van der Waals surface area contributed by atoms with Crippen LogP contribution in [0.15, 0.2) is 12.2 Å². The van der Waals surface area contributed by atoms with Crippen LogP contribution in [0.4, 0.5) is 0 Å². The Balaban J connectivity index is 1.86.